The van der Waals surface area contributed by atoms with E-state index in [-0.39, 0.29) is 5.91 Å². The number of hydrogen-bond acceptors (Lipinski definition) is 3. The van der Waals surface area contributed by atoms with E-state index in [1.165, 1.54) is 0 Å². The first-order chi connectivity index (χ1) is 13.2. The number of fused-ring (bicyclic) bond motifs is 1. The Morgan fingerprint density at radius 1 is 1.00 bits per heavy atom. The number of pyridine rings is 1. The van der Waals surface area contributed by atoms with Gasteiger partial charge in [0.1, 0.15) is 18.2 Å². The van der Waals surface area contributed by atoms with Gasteiger partial charge in [0.05, 0.1) is 5.52 Å². The van der Waals surface area contributed by atoms with Crippen LogP contribution in [0.25, 0.3) is 5.52 Å². The van der Waals surface area contributed by atoms with Gasteiger partial charge in [-0.1, -0.05) is 36.4 Å². The van der Waals surface area contributed by atoms with Gasteiger partial charge in [-0.3, -0.25) is 4.79 Å². The van der Waals surface area contributed by atoms with Crippen molar-refractivity contribution in [1.29, 1.82) is 0 Å². The van der Waals surface area contributed by atoms with Gasteiger partial charge in [-0.05, 0) is 48.9 Å². The summed E-state index contributed by atoms with van der Waals surface area (Å²) in [7, 11) is 0. The highest BCUT2D eigenvalue weighted by atomic mass is 16.5. The molecule has 4 rings (SSSR count). The van der Waals surface area contributed by atoms with E-state index in [2.05, 4.69) is 10.3 Å². The van der Waals surface area contributed by atoms with Crippen molar-refractivity contribution in [3.8, 4) is 5.75 Å². The minimum Gasteiger partial charge on any atom is -0.489 e. The average molecular weight is 357 g/mol. The van der Waals surface area contributed by atoms with Crippen molar-refractivity contribution in [3.05, 3.63) is 96.1 Å². The number of carbonyl (C=O) groups excluding carboxylic acids is 1. The summed E-state index contributed by atoms with van der Waals surface area (Å²) < 4.78 is 7.67. The van der Waals surface area contributed by atoms with E-state index in [4.69, 9.17) is 4.74 Å². The molecular formula is C22H19N3O2. The standard InChI is InChI=1S/C22H19N3O2/c1-16-23-21(20-9-5-6-14-25(16)20)22(26)24-18-10-12-19(13-11-18)27-15-17-7-3-2-4-8-17/h2-14H,15H2,1H3,(H,24,26). The van der Waals surface area contributed by atoms with Gasteiger partial charge in [0.2, 0.25) is 0 Å². The summed E-state index contributed by atoms with van der Waals surface area (Å²) in [4.78, 5) is 17.0. The molecule has 0 aliphatic heterocycles. The van der Waals surface area contributed by atoms with Crippen LogP contribution in [-0.2, 0) is 6.61 Å². The van der Waals surface area contributed by atoms with Gasteiger partial charge < -0.3 is 14.5 Å². The molecule has 0 spiro atoms. The van der Waals surface area contributed by atoms with Crippen LogP contribution >= 0.6 is 0 Å². The number of imidazole rings is 1. The third kappa shape index (κ3) is 3.67. The number of rotatable bonds is 5. The second-order valence-corrected chi connectivity index (χ2v) is 6.22. The Balaban J connectivity index is 1.44. The molecule has 0 aliphatic carbocycles. The summed E-state index contributed by atoms with van der Waals surface area (Å²) >= 11 is 0. The van der Waals surface area contributed by atoms with Crippen LogP contribution in [-0.4, -0.2) is 15.3 Å². The molecule has 1 N–H and O–H groups in total. The molecule has 2 aromatic carbocycles. The fourth-order valence-corrected chi connectivity index (χ4v) is 2.92. The first kappa shape index (κ1) is 16.8. The van der Waals surface area contributed by atoms with Crippen LogP contribution < -0.4 is 10.1 Å². The smallest absolute Gasteiger partial charge is 0.276 e. The second-order valence-electron chi connectivity index (χ2n) is 6.22. The van der Waals surface area contributed by atoms with E-state index in [1.54, 1.807) is 0 Å². The Morgan fingerprint density at radius 2 is 1.74 bits per heavy atom. The zero-order valence-corrected chi connectivity index (χ0v) is 14.9. The van der Waals surface area contributed by atoms with Crippen LogP contribution in [0.4, 0.5) is 5.69 Å². The summed E-state index contributed by atoms with van der Waals surface area (Å²) in [5.74, 6) is 1.30. The molecule has 0 radical (unpaired) electrons. The molecular weight excluding hydrogens is 338 g/mol. The number of aromatic nitrogens is 2. The lowest BCUT2D eigenvalue weighted by Gasteiger charge is -2.08. The van der Waals surface area contributed by atoms with Crippen molar-refractivity contribution in [3.63, 3.8) is 0 Å². The number of hydrogen-bond donors (Lipinski definition) is 1. The monoisotopic (exact) mass is 357 g/mol. The largest absolute Gasteiger partial charge is 0.489 e. The summed E-state index contributed by atoms with van der Waals surface area (Å²) in [5.41, 5.74) is 3.01. The lowest BCUT2D eigenvalue weighted by molar-refractivity contribution is 0.102. The average Bonchev–Trinajstić information content (AvgIpc) is 3.05. The zero-order valence-electron chi connectivity index (χ0n) is 14.9. The molecule has 5 heteroatoms. The molecule has 2 aromatic heterocycles. The lowest BCUT2D eigenvalue weighted by atomic mass is 10.2. The van der Waals surface area contributed by atoms with Crippen molar-refractivity contribution >= 4 is 17.1 Å². The maximum Gasteiger partial charge on any atom is 0.276 e. The van der Waals surface area contributed by atoms with Gasteiger partial charge in [-0.15, -0.1) is 0 Å². The van der Waals surface area contributed by atoms with Crippen LogP contribution in [0.5, 0.6) is 5.75 Å². The molecule has 0 atom stereocenters. The van der Waals surface area contributed by atoms with Gasteiger partial charge in [0, 0.05) is 11.9 Å². The highest BCUT2D eigenvalue weighted by Crippen LogP contribution is 2.19. The summed E-state index contributed by atoms with van der Waals surface area (Å²) in [6.45, 7) is 2.38. The molecule has 5 nitrogen and oxygen atoms in total. The van der Waals surface area contributed by atoms with Crippen LogP contribution in [0.1, 0.15) is 21.9 Å². The lowest BCUT2D eigenvalue weighted by Crippen LogP contribution is -2.12. The fraction of sp³-hybridized carbons (Fsp3) is 0.0909. The van der Waals surface area contributed by atoms with Crippen LogP contribution in [0, 0.1) is 6.92 Å². The van der Waals surface area contributed by atoms with E-state index < -0.39 is 0 Å². The Kier molecular flexibility index (Phi) is 4.58. The fourth-order valence-electron chi connectivity index (χ4n) is 2.92. The van der Waals surface area contributed by atoms with Crippen LogP contribution in [0.3, 0.4) is 0 Å². The van der Waals surface area contributed by atoms with Gasteiger partial charge in [0.15, 0.2) is 5.69 Å². The van der Waals surface area contributed by atoms with Gasteiger partial charge in [-0.25, -0.2) is 4.98 Å². The molecule has 0 saturated heterocycles. The van der Waals surface area contributed by atoms with Crippen LogP contribution in [0.2, 0.25) is 0 Å². The Hall–Kier alpha value is -3.60. The molecule has 1 amide bonds. The van der Waals surface area contributed by atoms with Gasteiger partial charge >= 0.3 is 0 Å². The Labute approximate surface area is 157 Å². The topological polar surface area (TPSA) is 55.6 Å². The molecule has 0 unspecified atom stereocenters. The SMILES string of the molecule is Cc1nc(C(=O)Nc2ccc(OCc3ccccc3)cc2)c2ccccn12. The normalized spacial score (nSPS) is 10.7. The second kappa shape index (κ2) is 7.33. The van der Waals surface area contributed by atoms with Crippen molar-refractivity contribution in [2.75, 3.05) is 5.32 Å². The van der Waals surface area contributed by atoms with Crippen molar-refractivity contribution in [2.24, 2.45) is 0 Å². The van der Waals surface area contributed by atoms with Crippen molar-refractivity contribution in [1.82, 2.24) is 9.38 Å². The maximum atomic E-state index is 12.6. The number of ether oxygens (including phenoxy) is 1. The number of benzene rings is 2. The molecule has 27 heavy (non-hydrogen) atoms. The molecule has 134 valence electrons. The number of nitrogens with one attached hydrogen (secondary N) is 1. The van der Waals surface area contributed by atoms with Gasteiger partial charge in [0.25, 0.3) is 5.91 Å². The minimum absolute atomic E-state index is 0.232. The van der Waals surface area contributed by atoms with E-state index in [9.17, 15) is 4.79 Å². The minimum atomic E-state index is -0.232. The summed E-state index contributed by atoms with van der Waals surface area (Å²) in [5, 5.41) is 2.89. The molecule has 0 bridgehead atoms. The van der Waals surface area contributed by atoms with Crippen LogP contribution in [0.15, 0.2) is 79.0 Å². The Bertz CT molecular complexity index is 1070. The maximum absolute atomic E-state index is 12.6. The highest BCUT2D eigenvalue weighted by molar-refractivity contribution is 6.07. The first-order valence-corrected chi connectivity index (χ1v) is 8.72. The predicted octanol–water partition coefficient (Wildman–Crippen LogP) is 4.47. The molecule has 4 aromatic rings. The van der Waals surface area contributed by atoms with Gasteiger partial charge in [-0.2, -0.15) is 0 Å². The Morgan fingerprint density at radius 3 is 2.52 bits per heavy atom. The summed E-state index contributed by atoms with van der Waals surface area (Å²) in [6.07, 6.45) is 1.90. The third-order valence-electron chi connectivity index (χ3n) is 4.30. The molecule has 0 saturated carbocycles. The highest BCUT2D eigenvalue weighted by Gasteiger charge is 2.15. The number of nitrogens with zero attached hydrogens (tertiary/aromatic N) is 2. The number of anilines is 1. The van der Waals surface area contributed by atoms with E-state index in [0.29, 0.717) is 18.0 Å². The number of amides is 1. The molecule has 0 fully saturated rings. The van der Waals surface area contributed by atoms with E-state index in [0.717, 1.165) is 22.7 Å². The number of aryl methyl sites for hydroxylation is 1. The molecule has 0 aliphatic rings. The predicted molar refractivity (Wildman–Crippen MR) is 105 cm³/mol. The molecule has 2 heterocycles. The zero-order chi connectivity index (χ0) is 18.6. The number of carbonyl (C=O) groups is 1. The summed E-state index contributed by atoms with van der Waals surface area (Å²) in [6, 6.07) is 23.0. The third-order valence-corrected chi connectivity index (χ3v) is 4.30. The van der Waals surface area contributed by atoms with Crippen molar-refractivity contribution < 1.29 is 9.53 Å². The quantitative estimate of drug-likeness (QED) is 0.573. The van der Waals surface area contributed by atoms with E-state index >= 15 is 0 Å². The van der Waals surface area contributed by atoms with E-state index in [1.807, 2.05) is 90.3 Å². The first-order valence-electron chi connectivity index (χ1n) is 8.72. The van der Waals surface area contributed by atoms with Crippen molar-refractivity contribution in [2.45, 2.75) is 13.5 Å².